The summed E-state index contributed by atoms with van der Waals surface area (Å²) in [5.74, 6) is 1.24. The van der Waals surface area contributed by atoms with Crippen LogP contribution in [0.15, 0.2) is 18.3 Å². The van der Waals surface area contributed by atoms with Crippen LogP contribution in [0.2, 0.25) is 0 Å². The van der Waals surface area contributed by atoms with Gasteiger partial charge in [0.15, 0.2) is 0 Å². The van der Waals surface area contributed by atoms with Crippen LogP contribution in [0.3, 0.4) is 0 Å². The first kappa shape index (κ1) is 13.0. The van der Waals surface area contributed by atoms with E-state index in [0.29, 0.717) is 18.0 Å². The van der Waals surface area contributed by atoms with Gasteiger partial charge in [-0.15, -0.1) is 11.8 Å². The number of rotatable bonds is 4. The molecule has 1 heterocycles. The fraction of sp³-hybridized carbons (Fsp3) is 0.500. The Morgan fingerprint density at radius 3 is 2.75 bits per heavy atom. The van der Waals surface area contributed by atoms with Gasteiger partial charge < -0.3 is 5.73 Å². The lowest BCUT2D eigenvalue weighted by molar-refractivity contribution is -0.116. The number of nitrogen functional groups attached to an aromatic ring is 1. The minimum absolute atomic E-state index is 0.132. The Hall–Kier alpha value is -1.03. The topological polar surface area (TPSA) is 56.0 Å². The van der Waals surface area contributed by atoms with Crippen LogP contribution in [0.25, 0.3) is 0 Å². The van der Waals surface area contributed by atoms with Gasteiger partial charge in [0.2, 0.25) is 0 Å². The molecule has 0 aliphatic rings. The summed E-state index contributed by atoms with van der Waals surface area (Å²) in [5.41, 5.74) is 6.49. The number of hydrogen-bond acceptors (Lipinski definition) is 4. The highest BCUT2D eigenvalue weighted by molar-refractivity contribution is 8.01. The monoisotopic (exact) mass is 238 g/mol. The van der Waals surface area contributed by atoms with E-state index in [2.05, 4.69) is 25.8 Å². The fourth-order valence-corrected chi connectivity index (χ4v) is 1.88. The zero-order chi connectivity index (χ0) is 12.2. The molecule has 0 saturated carbocycles. The predicted octanol–water partition coefficient (Wildman–Crippen LogP) is 2.31. The van der Waals surface area contributed by atoms with E-state index in [1.54, 1.807) is 24.0 Å². The van der Waals surface area contributed by atoms with Crippen molar-refractivity contribution < 1.29 is 4.79 Å². The number of carbonyl (C=O) groups is 1. The Balaban J connectivity index is 2.46. The number of hydrogen-bond donors (Lipinski definition) is 1. The van der Waals surface area contributed by atoms with E-state index >= 15 is 0 Å². The third kappa shape index (κ3) is 5.16. The van der Waals surface area contributed by atoms with Crippen molar-refractivity contribution in [2.45, 2.75) is 31.9 Å². The van der Waals surface area contributed by atoms with Crippen LogP contribution < -0.4 is 5.73 Å². The van der Waals surface area contributed by atoms with Crippen LogP contribution >= 0.6 is 11.8 Å². The van der Waals surface area contributed by atoms with Gasteiger partial charge in [-0.25, -0.2) is 4.98 Å². The molecule has 0 amide bonds. The average molecular weight is 238 g/mol. The van der Waals surface area contributed by atoms with Crippen molar-refractivity contribution >= 4 is 23.4 Å². The molecular weight excluding hydrogens is 220 g/mol. The Kier molecular flexibility index (Phi) is 4.35. The third-order valence-corrected chi connectivity index (χ3v) is 3.25. The molecule has 0 bridgehead atoms. The standard InChI is InChI=1S/C12H18N2OS/c1-12(2,3)16-8-10(15)6-9-4-5-14-11(13)7-9/h4-5,7H,6,8H2,1-3H3,(H2,13,14). The number of carbonyl (C=O) groups excluding carboxylic acids is 1. The number of aromatic nitrogens is 1. The molecule has 16 heavy (non-hydrogen) atoms. The maximum atomic E-state index is 11.7. The number of ketones is 1. The largest absolute Gasteiger partial charge is 0.384 e. The average Bonchev–Trinajstić information content (AvgIpc) is 2.14. The molecule has 0 atom stereocenters. The number of nitrogens with two attached hydrogens (primary N) is 1. The highest BCUT2D eigenvalue weighted by Crippen LogP contribution is 2.23. The lowest BCUT2D eigenvalue weighted by Gasteiger charge is -2.16. The van der Waals surface area contributed by atoms with E-state index in [1.165, 1.54) is 0 Å². The second-order valence-electron chi connectivity index (χ2n) is 4.71. The van der Waals surface area contributed by atoms with Crippen molar-refractivity contribution in [3.63, 3.8) is 0 Å². The first-order valence-electron chi connectivity index (χ1n) is 5.23. The maximum absolute atomic E-state index is 11.7. The normalized spacial score (nSPS) is 11.4. The molecule has 1 rings (SSSR count). The minimum atomic E-state index is 0.132. The summed E-state index contributed by atoms with van der Waals surface area (Å²) in [6.07, 6.45) is 2.07. The predicted molar refractivity (Wildman–Crippen MR) is 69.6 cm³/mol. The van der Waals surface area contributed by atoms with Gasteiger partial charge in [-0.1, -0.05) is 20.8 Å². The van der Waals surface area contributed by atoms with Gasteiger partial charge >= 0.3 is 0 Å². The van der Waals surface area contributed by atoms with Gasteiger partial charge in [-0.05, 0) is 17.7 Å². The summed E-state index contributed by atoms with van der Waals surface area (Å²) in [5, 5.41) is 0. The molecule has 0 saturated heterocycles. The van der Waals surface area contributed by atoms with E-state index in [9.17, 15) is 4.79 Å². The highest BCUT2D eigenvalue weighted by Gasteiger charge is 2.13. The SMILES string of the molecule is CC(C)(C)SCC(=O)Cc1ccnc(N)c1. The summed E-state index contributed by atoms with van der Waals surface area (Å²) in [7, 11) is 0. The molecule has 0 aromatic carbocycles. The van der Waals surface area contributed by atoms with Gasteiger partial charge in [0.25, 0.3) is 0 Å². The molecule has 0 fully saturated rings. The quantitative estimate of drug-likeness (QED) is 0.874. The van der Waals surface area contributed by atoms with Gasteiger partial charge in [0.05, 0.1) is 5.75 Å². The van der Waals surface area contributed by atoms with Crippen LogP contribution in [0.1, 0.15) is 26.3 Å². The number of Topliss-reactive ketones (excluding diaryl/α,β-unsaturated/α-hetero) is 1. The van der Waals surface area contributed by atoms with Crippen molar-refractivity contribution in [3.05, 3.63) is 23.9 Å². The molecule has 1 aromatic heterocycles. The van der Waals surface area contributed by atoms with Gasteiger partial charge in [-0.3, -0.25) is 4.79 Å². The smallest absolute Gasteiger partial charge is 0.147 e. The van der Waals surface area contributed by atoms with Crippen LogP contribution in [-0.2, 0) is 11.2 Å². The van der Waals surface area contributed by atoms with E-state index in [0.717, 1.165) is 5.56 Å². The van der Waals surface area contributed by atoms with E-state index < -0.39 is 0 Å². The maximum Gasteiger partial charge on any atom is 0.147 e. The van der Waals surface area contributed by atoms with Gasteiger partial charge in [0.1, 0.15) is 11.6 Å². The molecule has 4 heteroatoms. The van der Waals surface area contributed by atoms with E-state index in [4.69, 9.17) is 5.73 Å². The summed E-state index contributed by atoms with van der Waals surface area (Å²) < 4.78 is 0.132. The van der Waals surface area contributed by atoms with E-state index in [1.807, 2.05) is 6.07 Å². The number of thioether (sulfide) groups is 1. The van der Waals surface area contributed by atoms with Crippen molar-refractivity contribution in [1.29, 1.82) is 0 Å². The molecule has 0 radical (unpaired) electrons. The Morgan fingerprint density at radius 1 is 1.50 bits per heavy atom. The molecule has 0 aliphatic heterocycles. The molecule has 88 valence electrons. The molecule has 0 aliphatic carbocycles. The first-order valence-corrected chi connectivity index (χ1v) is 6.21. The lowest BCUT2D eigenvalue weighted by atomic mass is 10.1. The second-order valence-corrected chi connectivity index (χ2v) is 6.51. The lowest BCUT2D eigenvalue weighted by Crippen LogP contribution is -2.14. The van der Waals surface area contributed by atoms with Crippen LogP contribution in [0.5, 0.6) is 0 Å². The Labute approximate surface area is 101 Å². The zero-order valence-electron chi connectivity index (χ0n) is 9.99. The number of nitrogens with zero attached hydrogens (tertiary/aromatic N) is 1. The molecule has 0 spiro atoms. The van der Waals surface area contributed by atoms with Crippen LogP contribution in [0.4, 0.5) is 5.82 Å². The highest BCUT2D eigenvalue weighted by atomic mass is 32.2. The molecular formula is C12H18N2OS. The minimum Gasteiger partial charge on any atom is -0.384 e. The second kappa shape index (κ2) is 5.34. The zero-order valence-corrected chi connectivity index (χ0v) is 10.8. The Bertz CT molecular complexity index is 372. The number of pyridine rings is 1. The van der Waals surface area contributed by atoms with Crippen molar-refractivity contribution in [1.82, 2.24) is 4.98 Å². The summed E-state index contributed by atoms with van der Waals surface area (Å²) in [6.45, 7) is 6.32. The summed E-state index contributed by atoms with van der Waals surface area (Å²) >= 11 is 1.67. The number of anilines is 1. The van der Waals surface area contributed by atoms with Crippen molar-refractivity contribution in [2.24, 2.45) is 0 Å². The molecule has 3 nitrogen and oxygen atoms in total. The first-order chi connectivity index (χ1) is 7.37. The van der Waals surface area contributed by atoms with Gasteiger partial charge in [-0.2, -0.15) is 0 Å². The van der Waals surface area contributed by atoms with Crippen LogP contribution in [-0.4, -0.2) is 21.3 Å². The van der Waals surface area contributed by atoms with E-state index in [-0.39, 0.29) is 10.5 Å². The Morgan fingerprint density at radius 2 is 2.19 bits per heavy atom. The molecule has 1 aromatic rings. The van der Waals surface area contributed by atoms with Crippen molar-refractivity contribution in [3.8, 4) is 0 Å². The van der Waals surface area contributed by atoms with Gasteiger partial charge in [0, 0.05) is 17.4 Å². The van der Waals surface area contributed by atoms with Crippen molar-refractivity contribution in [2.75, 3.05) is 11.5 Å². The van der Waals surface area contributed by atoms with Crippen LogP contribution in [0, 0.1) is 0 Å². The molecule has 2 N–H and O–H groups in total. The summed E-state index contributed by atoms with van der Waals surface area (Å²) in [4.78, 5) is 15.6. The fourth-order valence-electron chi connectivity index (χ4n) is 1.18. The summed E-state index contributed by atoms with van der Waals surface area (Å²) in [6, 6.07) is 3.58. The molecule has 0 unspecified atom stereocenters. The third-order valence-electron chi connectivity index (χ3n) is 1.91.